The Morgan fingerprint density at radius 3 is 2.52 bits per heavy atom. The van der Waals surface area contributed by atoms with Gasteiger partial charge in [-0.1, -0.05) is 0 Å². The molecule has 0 radical (unpaired) electrons. The van der Waals surface area contributed by atoms with Gasteiger partial charge >= 0.3 is 5.97 Å². The third-order valence-electron chi connectivity index (χ3n) is 4.69. The normalized spacial score (nSPS) is 21.1. The van der Waals surface area contributed by atoms with Crippen LogP contribution in [0, 0.1) is 0 Å². The number of hydrogen-bond acceptors (Lipinski definition) is 6. The second-order valence-electron chi connectivity index (χ2n) is 6.31. The van der Waals surface area contributed by atoms with E-state index in [2.05, 4.69) is 10.2 Å². The number of morpholine rings is 1. The van der Waals surface area contributed by atoms with Gasteiger partial charge in [0.25, 0.3) is 0 Å². The molecular formula is C18H25N3O4. The van der Waals surface area contributed by atoms with E-state index in [9.17, 15) is 9.59 Å². The first-order chi connectivity index (χ1) is 12.2. The number of hydrogen-bond donors (Lipinski definition) is 1. The number of carbonyl (C=O) groups excluding carboxylic acids is 2. The fourth-order valence-electron chi connectivity index (χ4n) is 3.21. The lowest BCUT2D eigenvalue weighted by Crippen LogP contribution is -2.50. The molecule has 7 heteroatoms. The summed E-state index contributed by atoms with van der Waals surface area (Å²) < 4.78 is 10.3. The molecule has 2 heterocycles. The highest BCUT2D eigenvalue weighted by Gasteiger charge is 2.25. The number of rotatable bonds is 4. The van der Waals surface area contributed by atoms with Crippen molar-refractivity contribution in [3.05, 3.63) is 29.8 Å². The number of ether oxygens (including phenoxy) is 2. The van der Waals surface area contributed by atoms with Gasteiger partial charge in [-0.15, -0.1) is 0 Å². The standard InChI is InChI=1S/C18H25N3O4/c1-24-18(23)14-2-4-15(5-3-14)20-7-9-21(10-8-20)17(22)12-16-13-19-6-11-25-16/h2-5,16,19H,6-13H2,1H3/t16-/m0/s1. The van der Waals surface area contributed by atoms with Crippen LogP contribution in [-0.2, 0) is 14.3 Å². The molecule has 2 saturated heterocycles. The molecule has 0 saturated carbocycles. The third-order valence-corrected chi connectivity index (χ3v) is 4.69. The van der Waals surface area contributed by atoms with Crippen molar-refractivity contribution >= 4 is 17.6 Å². The van der Waals surface area contributed by atoms with Crippen LogP contribution in [0.2, 0.25) is 0 Å². The topological polar surface area (TPSA) is 71.1 Å². The van der Waals surface area contributed by atoms with Gasteiger partial charge in [0.15, 0.2) is 0 Å². The van der Waals surface area contributed by atoms with Crippen LogP contribution in [0.15, 0.2) is 24.3 Å². The lowest BCUT2D eigenvalue weighted by molar-refractivity contribution is -0.135. The molecule has 2 fully saturated rings. The van der Waals surface area contributed by atoms with Crippen molar-refractivity contribution in [2.45, 2.75) is 12.5 Å². The Bertz CT molecular complexity index is 591. The number of amides is 1. The maximum atomic E-state index is 12.4. The maximum absolute atomic E-state index is 12.4. The van der Waals surface area contributed by atoms with Crippen LogP contribution in [0.4, 0.5) is 5.69 Å². The summed E-state index contributed by atoms with van der Waals surface area (Å²) >= 11 is 0. The number of nitrogens with one attached hydrogen (secondary N) is 1. The van der Waals surface area contributed by atoms with E-state index < -0.39 is 0 Å². The van der Waals surface area contributed by atoms with E-state index in [0.29, 0.717) is 31.7 Å². The fraction of sp³-hybridized carbons (Fsp3) is 0.556. The summed E-state index contributed by atoms with van der Waals surface area (Å²) in [6.45, 7) is 5.26. The molecular weight excluding hydrogens is 322 g/mol. The SMILES string of the molecule is COC(=O)c1ccc(N2CCN(C(=O)C[C@H]3CNCCO3)CC2)cc1. The average molecular weight is 347 g/mol. The Labute approximate surface area is 147 Å². The molecule has 1 amide bonds. The van der Waals surface area contributed by atoms with Crippen LogP contribution in [0.25, 0.3) is 0 Å². The van der Waals surface area contributed by atoms with Crippen LogP contribution in [-0.4, -0.2) is 75.9 Å². The molecule has 1 N–H and O–H groups in total. The second-order valence-corrected chi connectivity index (χ2v) is 6.31. The van der Waals surface area contributed by atoms with Gasteiger partial charge in [0.05, 0.1) is 31.8 Å². The van der Waals surface area contributed by atoms with E-state index in [0.717, 1.165) is 31.9 Å². The molecule has 25 heavy (non-hydrogen) atoms. The van der Waals surface area contributed by atoms with Gasteiger partial charge < -0.3 is 24.6 Å². The van der Waals surface area contributed by atoms with Crippen molar-refractivity contribution < 1.29 is 19.1 Å². The highest BCUT2D eigenvalue weighted by atomic mass is 16.5. The van der Waals surface area contributed by atoms with Crippen LogP contribution >= 0.6 is 0 Å². The van der Waals surface area contributed by atoms with Crippen molar-refractivity contribution in [1.82, 2.24) is 10.2 Å². The minimum Gasteiger partial charge on any atom is -0.465 e. The van der Waals surface area contributed by atoms with Crippen molar-refractivity contribution in [1.29, 1.82) is 0 Å². The molecule has 1 aromatic rings. The maximum Gasteiger partial charge on any atom is 0.337 e. The third kappa shape index (κ3) is 4.49. The molecule has 1 aromatic carbocycles. The molecule has 136 valence electrons. The van der Waals surface area contributed by atoms with Crippen molar-refractivity contribution in [3.8, 4) is 0 Å². The minimum atomic E-state index is -0.332. The summed E-state index contributed by atoms with van der Waals surface area (Å²) in [5, 5.41) is 3.25. The average Bonchev–Trinajstić information content (AvgIpc) is 2.68. The molecule has 1 atom stereocenters. The summed E-state index contributed by atoms with van der Waals surface area (Å²) in [5.74, 6) is -0.171. The van der Waals surface area contributed by atoms with E-state index in [1.54, 1.807) is 12.1 Å². The van der Waals surface area contributed by atoms with Crippen LogP contribution in [0.5, 0.6) is 0 Å². The summed E-state index contributed by atoms with van der Waals surface area (Å²) in [7, 11) is 1.38. The molecule has 0 bridgehead atoms. The van der Waals surface area contributed by atoms with Crippen LogP contribution in [0.3, 0.4) is 0 Å². The number of esters is 1. The smallest absolute Gasteiger partial charge is 0.337 e. The summed E-state index contributed by atoms with van der Waals surface area (Å²) in [6, 6.07) is 7.38. The van der Waals surface area contributed by atoms with Crippen LogP contribution < -0.4 is 10.2 Å². The van der Waals surface area contributed by atoms with E-state index in [1.807, 2.05) is 17.0 Å². The Hall–Kier alpha value is -2.12. The van der Waals surface area contributed by atoms with Crippen molar-refractivity contribution in [2.24, 2.45) is 0 Å². The number of methoxy groups -OCH3 is 1. The number of nitrogens with zero attached hydrogens (tertiary/aromatic N) is 2. The van der Waals surface area contributed by atoms with E-state index in [-0.39, 0.29) is 18.0 Å². The van der Waals surface area contributed by atoms with Gasteiger partial charge in [-0.25, -0.2) is 4.79 Å². The predicted octanol–water partition coefficient (Wildman–Crippen LogP) is 0.500. The van der Waals surface area contributed by atoms with Gasteiger partial charge in [-0.2, -0.15) is 0 Å². The monoisotopic (exact) mass is 347 g/mol. The highest BCUT2D eigenvalue weighted by molar-refractivity contribution is 5.89. The van der Waals surface area contributed by atoms with E-state index in [4.69, 9.17) is 9.47 Å². The molecule has 3 rings (SSSR count). The molecule has 0 aliphatic carbocycles. The Morgan fingerprint density at radius 2 is 1.92 bits per heavy atom. The molecule has 0 aromatic heterocycles. The Morgan fingerprint density at radius 1 is 1.20 bits per heavy atom. The number of piperazine rings is 1. The van der Waals surface area contributed by atoms with Crippen molar-refractivity contribution in [2.75, 3.05) is 57.9 Å². The predicted molar refractivity (Wildman–Crippen MR) is 93.8 cm³/mol. The van der Waals surface area contributed by atoms with E-state index >= 15 is 0 Å². The summed E-state index contributed by atoms with van der Waals surface area (Å²) in [4.78, 5) is 28.0. The van der Waals surface area contributed by atoms with Gasteiger partial charge in [0.1, 0.15) is 0 Å². The first kappa shape index (κ1) is 17.7. The minimum absolute atomic E-state index is 0.00912. The first-order valence-electron chi connectivity index (χ1n) is 8.71. The van der Waals surface area contributed by atoms with E-state index in [1.165, 1.54) is 7.11 Å². The fourth-order valence-corrected chi connectivity index (χ4v) is 3.21. The molecule has 0 unspecified atom stereocenters. The summed E-state index contributed by atoms with van der Waals surface area (Å²) in [5.41, 5.74) is 1.60. The molecule has 2 aliphatic rings. The number of benzene rings is 1. The molecule has 0 spiro atoms. The van der Waals surface area contributed by atoms with Gasteiger partial charge in [-0.05, 0) is 24.3 Å². The van der Waals surface area contributed by atoms with Gasteiger partial charge in [-0.3, -0.25) is 4.79 Å². The zero-order valence-corrected chi connectivity index (χ0v) is 14.6. The van der Waals surface area contributed by atoms with Gasteiger partial charge in [0.2, 0.25) is 5.91 Å². The first-order valence-corrected chi connectivity index (χ1v) is 8.71. The quantitative estimate of drug-likeness (QED) is 0.800. The Balaban J connectivity index is 1.49. The zero-order valence-electron chi connectivity index (χ0n) is 14.6. The number of anilines is 1. The Kier molecular flexibility index (Phi) is 5.88. The largest absolute Gasteiger partial charge is 0.465 e. The van der Waals surface area contributed by atoms with Crippen molar-refractivity contribution in [3.63, 3.8) is 0 Å². The second kappa shape index (κ2) is 8.31. The molecule has 2 aliphatic heterocycles. The lowest BCUT2D eigenvalue weighted by Gasteiger charge is -2.37. The van der Waals surface area contributed by atoms with Crippen LogP contribution in [0.1, 0.15) is 16.8 Å². The zero-order chi connectivity index (χ0) is 17.6. The lowest BCUT2D eigenvalue weighted by atomic mass is 10.1. The van der Waals surface area contributed by atoms with Gasteiger partial charge in [0, 0.05) is 45.0 Å². The summed E-state index contributed by atoms with van der Waals surface area (Å²) in [6.07, 6.45) is 0.436. The molecule has 7 nitrogen and oxygen atoms in total. The highest BCUT2D eigenvalue weighted by Crippen LogP contribution is 2.18. The number of carbonyl (C=O) groups is 2.